The van der Waals surface area contributed by atoms with Crippen LogP contribution in [-0.2, 0) is 18.3 Å². The zero-order valence-electron chi connectivity index (χ0n) is 20.6. The Hall–Kier alpha value is -3.11. The van der Waals surface area contributed by atoms with Crippen molar-refractivity contribution in [3.8, 4) is 35.2 Å². The van der Waals surface area contributed by atoms with E-state index >= 15 is 0 Å². The monoisotopic (exact) mass is 461 g/mol. The van der Waals surface area contributed by atoms with Crippen molar-refractivity contribution >= 4 is 0 Å². The molecule has 0 saturated heterocycles. The van der Waals surface area contributed by atoms with E-state index in [0.29, 0.717) is 24.9 Å². The Morgan fingerprint density at radius 3 is 2.44 bits per heavy atom. The van der Waals surface area contributed by atoms with Crippen molar-refractivity contribution in [3.63, 3.8) is 0 Å². The van der Waals surface area contributed by atoms with Gasteiger partial charge in [-0.1, -0.05) is 67.8 Å². The molecule has 1 heterocycles. The fourth-order valence-electron chi connectivity index (χ4n) is 3.92. The molecule has 0 aliphatic heterocycles. The molecule has 1 N–H and O–H groups in total. The van der Waals surface area contributed by atoms with E-state index in [-0.39, 0.29) is 13.2 Å². The summed E-state index contributed by atoms with van der Waals surface area (Å²) < 4.78 is 13.5. The maximum atomic E-state index is 10.6. The number of terminal acetylenes is 1. The van der Waals surface area contributed by atoms with E-state index in [1.54, 1.807) is 4.68 Å². The van der Waals surface area contributed by atoms with E-state index in [0.717, 1.165) is 29.1 Å². The average Bonchev–Trinajstić information content (AvgIpc) is 3.10. The number of hydrogen-bond donors (Lipinski definition) is 1. The summed E-state index contributed by atoms with van der Waals surface area (Å²) in [4.78, 5) is 2.22. The van der Waals surface area contributed by atoms with Gasteiger partial charge in [0.25, 0.3) is 0 Å². The van der Waals surface area contributed by atoms with Crippen LogP contribution in [0.3, 0.4) is 0 Å². The molecule has 0 spiro atoms. The third-order valence-corrected chi connectivity index (χ3v) is 5.34. The number of aliphatic hydroxyl groups is 1. The molecule has 1 unspecified atom stereocenters. The first-order chi connectivity index (χ1) is 16.4. The van der Waals surface area contributed by atoms with Crippen LogP contribution in [0.5, 0.6) is 11.6 Å². The highest BCUT2D eigenvalue weighted by molar-refractivity contribution is 5.65. The fourth-order valence-corrected chi connectivity index (χ4v) is 3.92. The van der Waals surface area contributed by atoms with E-state index in [4.69, 9.17) is 21.0 Å². The highest BCUT2D eigenvalue weighted by Gasteiger charge is 2.24. The molecule has 2 aromatic carbocycles. The van der Waals surface area contributed by atoms with Crippen molar-refractivity contribution in [1.82, 2.24) is 14.7 Å². The number of aryl methyl sites for hydroxylation is 2. The second-order valence-electron chi connectivity index (χ2n) is 9.00. The molecular weight excluding hydrogens is 426 g/mol. The molecule has 6 heteroatoms. The Morgan fingerprint density at radius 2 is 1.79 bits per heavy atom. The second kappa shape index (κ2) is 12.4. The molecule has 1 aromatic heterocycles. The predicted octanol–water partition coefficient (Wildman–Crippen LogP) is 4.66. The van der Waals surface area contributed by atoms with Gasteiger partial charge in [-0.25, -0.2) is 4.68 Å². The van der Waals surface area contributed by atoms with Gasteiger partial charge < -0.3 is 14.6 Å². The minimum atomic E-state index is -0.648. The lowest BCUT2D eigenvalue weighted by Crippen LogP contribution is -2.37. The number of hydrogen-bond acceptors (Lipinski definition) is 5. The highest BCUT2D eigenvalue weighted by Crippen LogP contribution is 2.34. The quantitative estimate of drug-likeness (QED) is 0.314. The van der Waals surface area contributed by atoms with Crippen LogP contribution in [0.15, 0.2) is 54.6 Å². The maximum absolute atomic E-state index is 10.6. The van der Waals surface area contributed by atoms with E-state index < -0.39 is 6.10 Å². The Kier molecular flexibility index (Phi) is 9.29. The van der Waals surface area contributed by atoms with E-state index in [1.807, 2.05) is 49.5 Å². The second-order valence-corrected chi connectivity index (χ2v) is 9.00. The molecule has 6 nitrogen and oxygen atoms in total. The zero-order valence-corrected chi connectivity index (χ0v) is 20.6. The molecule has 3 aromatic rings. The molecule has 0 fully saturated rings. The largest absolute Gasteiger partial charge is 0.439 e. The Bertz CT molecular complexity index is 1070. The summed E-state index contributed by atoms with van der Waals surface area (Å²) in [5.74, 6) is 4.30. The molecule has 0 saturated carbocycles. The van der Waals surface area contributed by atoms with Gasteiger partial charge in [0.2, 0.25) is 5.88 Å². The van der Waals surface area contributed by atoms with Gasteiger partial charge in [0.05, 0.1) is 18.3 Å². The van der Waals surface area contributed by atoms with Gasteiger partial charge in [-0.3, -0.25) is 4.90 Å². The van der Waals surface area contributed by atoms with Crippen LogP contribution in [0.25, 0.3) is 11.3 Å². The van der Waals surface area contributed by atoms with Crippen molar-refractivity contribution in [2.45, 2.75) is 33.4 Å². The molecule has 0 amide bonds. The average molecular weight is 462 g/mol. The Labute approximate surface area is 203 Å². The molecular formula is C28H35N3O3. The van der Waals surface area contributed by atoms with Gasteiger partial charge >= 0.3 is 0 Å². The van der Waals surface area contributed by atoms with Crippen molar-refractivity contribution in [2.24, 2.45) is 13.0 Å². The Balaban J connectivity index is 1.94. The molecule has 0 radical (unpaired) electrons. The first kappa shape index (κ1) is 25.5. The standard InChI is InChI=1S/C28H35N3O3/c1-6-16-33-20-24(32)18-31(17-21(2)3)19-26-27(23-10-8-7-9-11-23)29-30(5)28(26)34-25-14-12-22(4)13-15-25/h1,7-15,21,24,32H,16-20H2,2-5H3. The number of aliphatic hydroxyl groups excluding tert-OH is 1. The lowest BCUT2D eigenvalue weighted by Gasteiger charge is -2.27. The smallest absolute Gasteiger partial charge is 0.222 e. The van der Waals surface area contributed by atoms with Crippen LogP contribution in [0, 0.1) is 25.2 Å². The molecule has 0 bridgehead atoms. The van der Waals surface area contributed by atoms with Crippen molar-refractivity contribution in [1.29, 1.82) is 0 Å². The molecule has 180 valence electrons. The van der Waals surface area contributed by atoms with Gasteiger partial charge in [-0.15, -0.1) is 6.42 Å². The minimum Gasteiger partial charge on any atom is -0.439 e. The minimum absolute atomic E-state index is 0.191. The van der Waals surface area contributed by atoms with Crippen LogP contribution < -0.4 is 4.74 Å². The molecule has 34 heavy (non-hydrogen) atoms. The van der Waals surface area contributed by atoms with E-state index in [1.165, 1.54) is 5.56 Å². The number of rotatable bonds is 12. The zero-order chi connectivity index (χ0) is 24.5. The lowest BCUT2D eigenvalue weighted by atomic mass is 10.1. The third kappa shape index (κ3) is 7.19. The van der Waals surface area contributed by atoms with Crippen LogP contribution >= 0.6 is 0 Å². The molecule has 3 rings (SSSR count). The first-order valence-corrected chi connectivity index (χ1v) is 11.6. The van der Waals surface area contributed by atoms with Crippen molar-refractivity contribution in [3.05, 3.63) is 65.7 Å². The normalized spacial score (nSPS) is 12.2. The fraction of sp³-hybridized carbons (Fsp3) is 0.393. The topological polar surface area (TPSA) is 59.8 Å². The first-order valence-electron chi connectivity index (χ1n) is 11.6. The summed E-state index contributed by atoms with van der Waals surface area (Å²) in [5.41, 5.74) is 4.05. The number of nitrogens with zero attached hydrogens (tertiary/aromatic N) is 3. The molecule has 0 aliphatic rings. The van der Waals surface area contributed by atoms with Gasteiger partial charge in [0, 0.05) is 32.2 Å². The Morgan fingerprint density at radius 1 is 1.09 bits per heavy atom. The van der Waals surface area contributed by atoms with E-state index in [9.17, 15) is 5.11 Å². The van der Waals surface area contributed by atoms with Gasteiger partial charge in [-0.05, 0) is 25.0 Å². The van der Waals surface area contributed by atoms with Gasteiger partial charge in [0.1, 0.15) is 18.1 Å². The summed E-state index contributed by atoms with van der Waals surface area (Å²) in [6.07, 6.45) is 4.61. The predicted molar refractivity (Wildman–Crippen MR) is 136 cm³/mol. The van der Waals surface area contributed by atoms with Crippen LogP contribution in [0.2, 0.25) is 0 Å². The number of ether oxygens (including phenoxy) is 2. The summed E-state index contributed by atoms with van der Waals surface area (Å²) >= 11 is 0. The van der Waals surface area contributed by atoms with Gasteiger partial charge in [-0.2, -0.15) is 5.10 Å². The lowest BCUT2D eigenvalue weighted by molar-refractivity contribution is 0.0237. The third-order valence-electron chi connectivity index (χ3n) is 5.34. The number of benzene rings is 2. The summed E-state index contributed by atoms with van der Waals surface area (Å²) in [5, 5.41) is 15.4. The molecule has 0 aliphatic carbocycles. The highest BCUT2D eigenvalue weighted by atomic mass is 16.5. The summed E-state index contributed by atoms with van der Waals surface area (Å²) in [7, 11) is 1.90. The SMILES string of the molecule is C#CCOCC(O)CN(Cc1c(-c2ccccc2)nn(C)c1Oc1ccc(C)cc1)CC(C)C. The van der Waals surface area contributed by atoms with Gasteiger partial charge in [0.15, 0.2) is 0 Å². The van der Waals surface area contributed by atoms with Crippen LogP contribution in [0.1, 0.15) is 25.0 Å². The van der Waals surface area contributed by atoms with Crippen molar-refractivity contribution in [2.75, 3.05) is 26.3 Å². The number of aromatic nitrogens is 2. The molecule has 1 atom stereocenters. The maximum Gasteiger partial charge on any atom is 0.222 e. The summed E-state index contributed by atoms with van der Waals surface area (Å²) in [6.45, 7) is 8.60. The van der Waals surface area contributed by atoms with E-state index in [2.05, 4.69) is 43.7 Å². The van der Waals surface area contributed by atoms with Crippen molar-refractivity contribution < 1.29 is 14.6 Å². The van der Waals surface area contributed by atoms with Crippen LogP contribution in [0.4, 0.5) is 0 Å². The van der Waals surface area contributed by atoms with Crippen LogP contribution in [-0.4, -0.2) is 52.2 Å². The summed E-state index contributed by atoms with van der Waals surface area (Å²) in [6, 6.07) is 18.1.